The highest BCUT2D eigenvalue weighted by atomic mass is 32.2. The van der Waals surface area contributed by atoms with Crippen LogP contribution >= 0.6 is 23.3 Å². The number of carboxylic acids is 1. The molecule has 98 valence electrons. The Morgan fingerprint density at radius 2 is 2.26 bits per heavy atom. The highest BCUT2D eigenvalue weighted by Crippen LogP contribution is 2.37. The second-order valence-corrected chi connectivity index (χ2v) is 5.47. The Bertz CT molecular complexity index is 656. The van der Waals surface area contributed by atoms with Crippen LogP contribution in [-0.2, 0) is 0 Å². The van der Waals surface area contributed by atoms with Gasteiger partial charge in [0.25, 0.3) is 5.69 Å². The lowest BCUT2D eigenvalue weighted by Crippen LogP contribution is -2.03. The zero-order chi connectivity index (χ0) is 14.0. The minimum absolute atomic E-state index is 0.237. The Hall–Kier alpha value is -2.00. The summed E-state index contributed by atoms with van der Waals surface area (Å²) in [4.78, 5) is 25.7. The lowest BCUT2D eigenvalue weighted by molar-refractivity contribution is -0.388. The first-order chi connectivity index (χ1) is 8.99. The quantitative estimate of drug-likeness (QED) is 0.682. The molecule has 0 radical (unpaired) electrons. The number of nitro groups is 1. The van der Waals surface area contributed by atoms with Gasteiger partial charge in [0, 0.05) is 0 Å². The van der Waals surface area contributed by atoms with Crippen molar-refractivity contribution in [1.82, 2.24) is 9.36 Å². The van der Waals surface area contributed by atoms with Gasteiger partial charge in [-0.3, -0.25) is 10.1 Å². The number of benzene rings is 1. The molecule has 9 heteroatoms. The van der Waals surface area contributed by atoms with Crippen LogP contribution in [-0.4, -0.2) is 25.4 Å². The van der Waals surface area contributed by atoms with E-state index in [1.54, 1.807) is 6.92 Å². The Kier molecular flexibility index (Phi) is 3.76. The number of nitrogens with zero attached hydrogens (tertiary/aromatic N) is 3. The van der Waals surface area contributed by atoms with Crippen LogP contribution in [0.4, 0.5) is 5.69 Å². The summed E-state index contributed by atoms with van der Waals surface area (Å²) in [6, 6.07) is 4.16. The monoisotopic (exact) mass is 297 g/mol. The Labute approximate surface area is 115 Å². The van der Waals surface area contributed by atoms with Crippen LogP contribution < -0.4 is 0 Å². The van der Waals surface area contributed by atoms with Crippen molar-refractivity contribution in [3.05, 3.63) is 39.7 Å². The molecule has 1 aromatic carbocycles. The molecule has 0 saturated carbocycles. The van der Waals surface area contributed by atoms with Gasteiger partial charge in [-0.2, -0.15) is 4.37 Å². The zero-order valence-electron chi connectivity index (χ0n) is 9.56. The maximum Gasteiger partial charge on any atom is 0.342 e. The topological polar surface area (TPSA) is 106 Å². The summed E-state index contributed by atoms with van der Waals surface area (Å²) < 4.78 is 4.50. The molecule has 0 aliphatic rings. The number of rotatable bonds is 4. The fourth-order valence-electron chi connectivity index (χ4n) is 1.38. The third-order valence-electron chi connectivity index (χ3n) is 2.12. The van der Waals surface area contributed by atoms with Crippen molar-refractivity contribution in [2.45, 2.75) is 16.2 Å². The number of carboxylic acid groups (broad SMARTS) is 1. The number of aromatic nitrogens is 2. The van der Waals surface area contributed by atoms with Crippen molar-refractivity contribution in [3.8, 4) is 0 Å². The standard InChI is InChI=1S/C10H7N3O4S2/c1-5-11-10(19-12-5)18-7-4-2-3-6(9(14)15)8(7)13(16)17/h2-4H,1H3,(H,14,15). The van der Waals surface area contributed by atoms with Crippen molar-refractivity contribution < 1.29 is 14.8 Å². The normalized spacial score (nSPS) is 10.4. The van der Waals surface area contributed by atoms with Gasteiger partial charge in [0.05, 0.1) is 9.82 Å². The van der Waals surface area contributed by atoms with Crippen molar-refractivity contribution in [2.24, 2.45) is 0 Å². The molecule has 7 nitrogen and oxygen atoms in total. The van der Waals surface area contributed by atoms with E-state index in [0.29, 0.717) is 10.2 Å². The zero-order valence-corrected chi connectivity index (χ0v) is 11.2. The first kappa shape index (κ1) is 13.4. The molecule has 0 amide bonds. The summed E-state index contributed by atoms with van der Waals surface area (Å²) in [6.45, 7) is 1.71. The van der Waals surface area contributed by atoms with Crippen molar-refractivity contribution in [2.75, 3.05) is 0 Å². The predicted octanol–water partition coefficient (Wildman–Crippen LogP) is 2.60. The third kappa shape index (κ3) is 2.88. The second kappa shape index (κ2) is 5.33. The molecule has 0 saturated heterocycles. The molecule has 1 N–H and O–H groups in total. The Morgan fingerprint density at radius 3 is 2.79 bits per heavy atom. The first-order valence-corrected chi connectivity index (χ1v) is 6.57. The van der Waals surface area contributed by atoms with Crippen molar-refractivity contribution in [3.63, 3.8) is 0 Å². The average Bonchev–Trinajstić information content (AvgIpc) is 2.74. The van der Waals surface area contributed by atoms with E-state index in [1.807, 2.05) is 0 Å². The van der Waals surface area contributed by atoms with E-state index < -0.39 is 16.6 Å². The van der Waals surface area contributed by atoms with Gasteiger partial charge < -0.3 is 5.11 Å². The molecule has 0 unspecified atom stereocenters. The molecule has 1 aromatic heterocycles. The number of para-hydroxylation sites is 1. The van der Waals surface area contributed by atoms with Crippen molar-refractivity contribution in [1.29, 1.82) is 0 Å². The summed E-state index contributed by atoms with van der Waals surface area (Å²) in [5.74, 6) is -0.757. The summed E-state index contributed by atoms with van der Waals surface area (Å²) in [6.07, 6.45) is 0. The SMILES string of the molecule is Cc1nsc(Sc2cccc(C(=O)O)c2[N+](=O)[O-])n1. The van der Waals surface area contributed by atoms with E-state index in [-0.39, 0.29) is 10.5 Å². The maximum absolute atomic E-state index is 11.0. The largest absolute Gasteiger partial charge is 0.477 e. The fraction of sp³-hybridized carbons (Fsp3) is 0.100. The highest BCUT2D eigenvalue weighted by Gasteiger charge is 2.25. The molecule has 0 fully saturated rings. The minimum atomic E-state index is -1.33. The minimum Gasteiger partial charge on any atom is -0.477 e. The maximum atomic E-state index is 11.0. The molecule has 0 bridgehead atoms. The van der Waals surface area contributed by atoms with Gasteiger partial charge in [-0.25, -0.2) is 9.78 Å². The first-order valence-electron chi connectivity index (χ1n) is 4.98. The Morgan fingerprint density at radius 1 is 1.53 bits per heavy atom. The molecular weight excluding hydrogens is 290 g/mol. The van der Waals surface area contributed by atoms with Gasteiger partial charge in [-0.05, 0) is 30.6 Å². The number of aromatic carboxylic acids is 1. The van der Waals surface area contributed by atoms with Crippen LogP contribution in [0.25, 0.3) is 0 Å². The molecular formula is C10H7N3O4S2. The number of nitro benzene ring substituents is 1. The van der Waals surface area contributed by atoms with Gasteiger partial charge in [0.2, 0.25) is 0 Å². The summed E-state index contributed by atoms with van der Waals surface area (Å²) in [7, 11) is 0. The van der Waals surface area contributed by atoms with E-state index in [1.165, 1.54) is 18.2 Å². The van der Waals surface area contributed by atoms with Crippen LogP contribution in [0.3, 0.4) is 0 Å². The summed E-state index contributed by atoms with van der Waals surface area (Å²) in [5, 5.41) is 20.0. The molecule has 19 heavy (non-hydrogen) atoms. The lowest BCUT2D eigenvalue weighted by Gasteiger charge is -2.02. The third-order valence-corrected chi connectivity index (χ3v) is 4.01. The molecule has 0 aliphatic carbocycles. The average molecular weight is 297 g/mol. The second-order valence-electron chi connectivity index (χ2n) is 3.42. The molecule has 0 atom stereocenters. The van der Waals surface area contributed by atoms with Crippen LogP contribution in [0.2, 0.25) is 0 Å². The number of hydrogen-bond acceptors (Lipinski definition) is 7. The molecule has 1 heterocycles. The molecule has 2 rings (SSSR count). The van der Waals surface area contributed by atoms with Crippen LogP contribution in [0.15, 0.2) is 27.4 Å². The van der Waals surface area contributed by atoms with Gasteiger partial charge in [-0.1, -0.05) is 17.8 Å². The predicted molar refractivity (Wildman–Crippen MR) is 68.8 cm³/mol. The summed E-state index contributed by atoms with van der Waals surface area (Å²) >= 11 is 2.15. The fourth-order valence-corrected chi connectivity index (χ4v) is 3.13. The molecule has 0 aliphatic heterocycles. The van der Waals surface area contributed by atoms with Crippen LogP contribution in [0.1, 0.15) is 16.2 Å². The van der Waals surface area contributed by atoms with Gasteiger partial charge in [-0.15, -0.1) is 0 Å². The van der Waals surface area contributed by atoms with Gasteiger partial charge in [0.1, 0.15) is 11.4 Å². The number of aryl methyl sites for hydroxylation is 1. The molecule has 2 aromatic rings. The lowest BCUT2D eigenvalue weighted by atomic mass is 10.2. The van der Waals surface area contributed by atoms with Crippen LogP contribution in [0, 0.1) is 17.0 Å². The van der Waals surface area contributed by atoms with Gasteiger partial charge >= 0.3 is 5.97 Å². The van der Waals surface area contributed by atoms with Crippen molar-refractivity contribution >= 4 is 35.0 Å². The van der Waals surface area contributed by atoms with E-state index >= 15 is 0 Å². The molecule has 0 spiro atoms. The van der Waals surface area contributed by atoms with E-state index in [9.17, 15) is 14.9 Å². The van der Waals surface area contributed by atoms with E-state index in [4.69, 9.17) is 5.11 Å². The summed E-state index contributed by atoms with van der Waals surface area (Å²) in [5.41, 5.74) is -0.760. The highest BCUT2D eigenvalue weighted by molar-refractivity contribution is 8.01. The smallest absolute Gasteiger partial charge is 0.342 e. The van der Waals surface area contributed by atoms with E-state index in [2.05, 4.69) is 9.36 Å². The van der Waals surface area contributed by atoms with E-state index in [0.717, 1.165) is 23.3 Å². The van der Waals surface area contributed by atoms with Gasteiger partial charge in [0.15, 0.2) is 4.34 Å². The number of hydrogen-bond donors (Lipinski definition) is 1. The van der Waals surface area contributed by atoms with Crippen LogP contribution in [0.5, 0.6) is 0 Å². The number of carbonyl (C=O) groups is 1. The Balaban J connectivity index is 2.47.